The molecule has 0 spiro atoms. The third-order valence-corrected chi connectivity index (χ3v) is 0.637. The summed E-state index contributed by atoms with van der Waals surface area (Å²) in [6.07, 6.45) is 0.815. The number of thiocarbonyl (C=S) groups is 1. The van der Waals surface area contributed by atoms with Crippen molar-refractivity contribution in [1.82, 2.24) is 0 Å². The molecule has 0 radical (unpaired) electrons. The molecule has 1 nitrogen and oxygen atoms in total. The zero-order valence-electron chi connectivity index (χ0n) is 3.19. The molecule has 0 bridgehead atoms. The monoisotopic (exact) mass is 121 g/mol. The highest BCUT2D eigenvalue weighted by atomic mass is 32.1. The summed E-state index contributed by atoms with van der Waals surface area (Å²) in [5.74, 6) is 0. The SMILES string of the molecule is CCC(N)=S.[SiH4]. The highest BCUT2D eigenvalue weighted by molar-refractivity contribution is 7.80. The van der Waals surface area contributed by atoms with Crippen LogP contribution in [0.4, 0.5) is 0 Å². The van der Waals surface area contributed by atoms with Gasteiger partial charge in [-0.2, -0.15) is 0 Å². The van der Waals surface area contributed by atoms with Crippen LogP contribution in [-0.4, -0.2) is 16.0 Å². The minimum Gasteiger partial charge on any atom is -0.393 e. The van der Waals surface area contributed by atoms with E-state index in [4.69, 9.17) is 5.73 Å². The molecular formula is C3H11NSSi. The minimum absolute atomic E-state index is 0. The maximum absolute atomic E-state index is 5.02. The van der Waals surface area contributed by atoms with E-state index < -0.39 is 0 Å². The van der Waals surface area contributed by atoms with Crippen molar-refractivity contribution in [3.8, 4) is 0 Å². The summed E-state index contributed by atoms with van der Waals surface area (Å²) in [6, 6.07) is 0. The lowest BCUT2D eigenvalue weighted by molar-refractivity contribution is 1.29. The predicted octanol–water partition coefficient (Wildman–Crippen LogP) is -0.769. The van der Waals surface area contributed by atoms with E-state index in [0.29, 0.717) is 4.99 Å². The molecule has 0 unspecified atom stereocenters. The second-order valence-corrected chi connectivity index (χ2v) is 1.34. The standard InChI is InChI=1S/C3H7NS.H4Si/c1-2-3(4)5;/h2H2,1H3,(H2,4,5);1H4. The highest BCUT2D eigenvalue weighted by Gasteiger charge is 1.71. The van der Waals surface area contributed by atoms with E-state index in [1.165, 1.54) is 0 Å². The van der Waals surface area contributed by atoms with Gasteiger partial charge in [0.05, 0.1) is 4.99 Å². The molecule has 0 saturated heterocycles. The fourth-order valence-corrected chi connectivity index (χ4v) is 0. The van der Waals surface area contributed by atoms with Gasteiger partial charge in [0.25, 0.3) is 0 Å². The Morgan fingerprint density at radius 3 is 2.00 bits per heavy atom. The molecule has 0 aliphatic heterocycles. The molecule has 6 heavy (non-hydrogen) atoms. The zero-order valence-corrected chi connectivity index (χ0v) is 4.01. The highest BCUT2D eigenvalue weighted by Crippen LogP contribution is 1.69. The van der Waals surface area contributed by atoms with Gasteiger partial charge in [-0.1, -0.05) is 19.1 Å². The molecule has 0 atom stereocenters. The third kappa shape index (κ3) is 8.93. The van der Waals surface area contributed by atoms with E-state index in [2.05, 4.69) is 12.2 Å². The summed E-state index contributed by atoms with van der Waals surface area (Å²) < 4.78 is 0. The van der Waals surface area contributed by atoms with Crippen molar-refractivity contribution in [3.63, 3.8) is 0 Å². The van der Waals surface area contributed by atoms with Crippen molar-refractivity contribution in [1.29, 1.82) is 0 Å². The van der Waals surface area contributed by atoms with Gasteiger partial charge < -0.3 is 5.73 Å². The van der Waals surface area contributed by atoms with Crippen LogP contribution >= 0.6 is 12.2 Å². The van der Waals surface area contributed by atoms with E-state index in [1.807, 2.05) is 6.92 Å². The molecule has 0 aromatic carbocycles. The van der Waals surface area contributed by atoms with Crippen LogP contribution in [0.3, 0.4) is 0 Å². The van der Waals surface area contributed by atoms with Crippen molar-refractivity contribution in [3.05, 3.63) is 0 Å². The van der Waals surface area contributed by atoms with Crippen LogP contribution in [0, 0.1) is 0 Å². The van der Waals surface area contributed by atoms with Crippen LogP contribution in [0.15, 0.2) is 0 Å². The lowest BCUT2D eigenvalue weighted by atomic mass is 10.5. The fourth-order valence-electron chi connectivity index (χ4n) is 0. The minimum atomic E-state index is 0. The molecule has 0 heterocycles. The van der Waals surface area contributed by atoms with Crippen LogP contribution in [-0.2, 0) is 0 Å². The first-order chi connectivity index (χ1) is 2.27. The van der Waals surface area contributed by atoms with Crippen molar-refractivity contribution in [2.45, 2.75) is 13.3 Å². The van der Waals surface area contributed by atoms with E-state index in [9.17, 15) is 0 Å². The maximum Gasteiger partial charge on any atom is 0.0724 e. The Bertz CT molecular complexity index is 46.1. The first-order valence-corrected chi connectivity index (χ1v) is 1.96. The zero-order chi connectivity index (χ0) is 4.28. The number of hydrogen-bond donors (Lipinski definition) is 1. The summed E-state index contributed by atoms with van der Waals surface area (Å²) >= 11 is 4.47. The molecule has 0 rings (SSSR count). The van der Waals surface area contributed by atoms with Crippen LogP contribution in [0.2, 0.25) is 0 Å². The van der Waals surface area contributed by atoms with E-state index >= 15 is 0 Å². The van der Waals surface area contributed by atoms with Gasteiger partial charge in [-0.15, -0.1) is 0 Å². The largest absolute Gasteiger partial charge is 0.393 e. The van der Waals surface area contributed by atoms with Crippen LogP contribution in [0.25, 0.3) is 0 Å². The second kappa shape index (κ2) is 5.11. The van der Waals surface area contributed by atoms with Crippen molar-refractivity contribution >= 4 is 28.2 Å². The average Bonchev–Trinajstić information content (AvgIpc) is 1.38. The van der Waals surface area contributed by atoms with Gasteiger partial charge in [-0.05, 0) is 17.4 Å². The number of rotatable bonds is 1. The Morgan fingerprint density at radius 2 is 2.00 bits per heavy atom. The van der Waals surface area contributed by atoms with Crippen molar-refractivity contribution < 1.29 is 0 Å². The molecule has 38 valence electrons. The quantitative estimate of drug-likeness (QED) is 0.364. The topological polar surface area (TPSA) is 26.0 Å². The van der Waals surface area contributed by atoms with Gasteiger partial charge >= 0.3 is 0 Å². The fraction of sp³-hybridized carbons (Fsp3) is 0.667. The van der Waals surface area contributed by atoms with Crippen molar-refractivity contribution in [2.24, 2.45) is 5.73 Å². The normalized spacial score (nSPS) is 6.17. The van der Waals surface area contributed by atoms with Gasteiger partial charge in [-0.3, -0.25) is 0 Å². The van der Waals surface area contributed by atoms with E-state index in [0.717, 1.165) is 6.42 Å². The molecule has 0 saturated carbocycles. The summed E-state index contributed by atoms with van der Waals surface area (Å²) in [7, 11) is 0. The first kappa shape index (κ1) is 9.44. The predicted molar refractivity (Wildman–Crippen MR) is 38.4 cm³/mol. The molecular weight excluding hydrogens is 110 g/mol. The summed E-state index contributed by atoms with van der Waals surface area (Å²) in [4.78, 5) is 0.588. The third-order valence-electron chi connectivity index (χ3n) is 0.348. The molecule has 0 aliphatic carbocycles. The Kier molecular flexibility index (Phi) is 8.04. The molecule has 0 fully saturated rings. The molecule has 0 aliphatic rings. The Labute approximate surface area is 47.9 Å². The summed E-state index contributed by atoms with van der Waals surface area (Å²) in [6.45, 7) is 1.93. The van der Waals surface area contributed by atoms with Gasteiger partial charge in [0.15, 0.2) is 0 Å². The van der Waals surface area contributed by atoms with Crippen LogP contribution in [0.1, 0.15) is 13.3 Å². The molecule has 2 N–H and O–H groups in total. The van der Waals surface area contributed by atoms with Gasteiger partial charge in [0.1, 0.15) is 0 Å². The average molecular weight is 121 g/mol. The Morgan fingerprint density at radius 1 is 1.83 bits per heavy atom. The van der Waals surface area contributed by atoms with Gasteiger partial charge in [0.2, 0.25) is 0 Å². The van der Waals surface area contributed by atoms with E-state index in [1.54, 1.807) is 0 Å². The molecule has 3 heteroatoms. The molecule has 0 aromatic heterocycles. The van der Waals surface area contributed by atoms with Crippen LogP contribution in [0.5, 0.6) is 0 Å². The lowest BCUT2D eigenvalue weighted by Gasteiger charge is -1.78. The lowest BCUT2D eigenvalue weighted by Crippen LogP contribution is -2.03. The van der Waals surface area contributed by atoms with E-state index in [-0.39, 0.29) is 11.0 Å². The first-order valence-electron chi connectivity index (χ1n) is 1.55. The van der Waals surface area contributed by atoms with Crippen LogP contribution < -0.4 is 5.73 Å². The van der Waals surface area contributed by atoms with Gasteiger partial charge in [-0.25, -0.2) is 0 Å². The Hall–Kier alpha value is 0.107. The molecule has 0 aromatic rings. The Balaban J connectivity index is 0. The number of nitrogens with two attached hydrogens (primary N) is 1. The summed E-state index contributed by atoms with van der Waals surface area (Å²) in [5.41, 5.74) is 5.02. The summed E-state index contributed by atoms with van der Waals surface area (Å²) in [5, 5.41) is 0. The maximum atomic E-state index is 5.02. The van der Waals surface area contributed by atoms with Gasteiger partial charge in [0, 0.05) is 0 Å². The number of hydrogen-bond acceptors (Lipinski definition) is 1. The second-order valence-electron chi connectivity index (χ2n) is 0.820. The van der Waals surface area contributed by atoms with Crippen molar-refractivity contribution in [2.75, 3.05) is 0 Å². The molecule has 0 amide bonds. The smallest absolute Gasteiger partial charge is 0.0724 e.